The summed E-state index contributed by atoms with van der Waals surface area (Å²) in [4.78, 5) is 2.36. The van der Waals surface area contributed by atoms with Crippen LogP contribution in [0.1, 0.15) is 37.9 Å². The van der Waals surface area contributed by atoms with Gasteiger partial charge in [0, 0.05) is 32.3 Å². The smallest absolute Gasteiger partial charge is 0.0589 e. The molecule has 0 aromatic heterocycles. The molecule has 19 heavy (non-hydrogen) atoms. The molecule has 2 N–H and O–H groups in total. The second-order valence-electron chi connectivity index (χ2n) is 5.28. The number of rotatable bonds is 8. The summed E-state index contributed by atoms with van der Waals surface area (Å²) in [5.74, 6) is 0. The standard InChI is InChI=1S/C16H28N2O/c1-5-14-6-8-15(9-7-14)16(17)12-18(13(2)3)10-11-19-4/h6-9,13,16H,5,10-12,17H2,1-4H3. The summed E-state index contributed by atoms with van der Waals surface area (Å²) < 4.78 is 5.16. The molecular weight excluding hydrogens is 236 g/mol. The lowest BCUT2D eigenvalue weighted by atomic mass is 10.0. The Hall–Kier alpha value is -0.900. The molecule has 108 valence electrons. The monoisotopic (exact) mass is 264 g/mol. The highest BCUT2D eigenvalue weighted by atomic mass is 16.5. The third-order valence-corrected chi connectivity index (χ3v) is 3.56. The van der Waals surface area contributed by atoms with Crippen LogP contribution in [0.2, 0.25) is 0 Å². The fourth-order valence-corrected chi connectivity index (χ4v) is 2.13. The van der Waals surface area contributed by atoms with Crippen molar-refractivity contribution < 1.29 is 4.74 Å². The summed E-state index contributed by atoms with van der Waals surface area (Å²) in [6.07, 6.45) is 1.07. The molecule has 3 heteroatoms. The van der Waals surface area contributed by atoms with E-state index in [1.807, 2.05) is 0 Å². The van der Waals surface area contributed by atoms with Crippen molar-refractivity contribution in [3.05, 3.63) is 35.4 Å². The van der Waals surface area contributed by atoms with Crippen LogP contribution in [0, 0.1) is 0 Å². The van der Waals surface area contributed by atoms with Crippen LogP contribution >= 0.6 is 0 Å². The van der Waals surface area contributed by atoms with Gasteiger partial charge < -0.3 is 10.5 Å². The average Bonchev–Trinajstić information content (AvgIpc) is 2.43. The minimum Gasteiger partial charge on any atom is -0.383 e. The Labute approximate surface area is 117 Å². The Balaban J connectivity index is 2.61. The first-order valence-electron chi connectivity index (χ1n) is 7.15. The minimum absolute atomic E-state index is 0.0603. The molecule has 1 rings (SSSR count). The van der Waals surface area contributed by atoms with E-state index >= 15 is 0 Å². The summed E-state index contributed by atoms with van der Waals surface area (Å²) in [5, 5.41) is 0. The van der Waals surface area contributed by atoms with E-state index in [-0.39, 0.29) is 6.04 Å². The number of methoxy groups -OCH3 is 1. The average molecular weight is 264 g/mol. The molecule has 0 amide bonds. The van der Waals surface area contributed by atoms with E-state index in [2.05, 4.69) is 49.9 Å². The molecule has 0 aliphatic rings. The number of hydrogen-bond acceptors (Lipinski definition) is 3. The maximum atomic E-state index is 6.31. The van der Waals surface area contributed by atoms with Crippen molar-refractivity contribution in [2.45, 2.75) is 39.3 Å². The predicted molar refractivity (Wildman–Crippen MR) is 81.3 cm³/mol. The van der Waals surface area contributed by atoms with Gasteiger partial charge in [0.05, 0.1) is 6.61 Å². The van der Waals surface area contributed by atoms with Gasteiger partial charge >= 0.3 is 0 Å². The summed E-state index contributed by atoms with van der Waals surface area (Å²) >= 11 is 0. The van der Waals surface area contributed by atoms with Crippen LogP contribution < -0.4 is 5.73 Å². The minimum atomic E-state index is 0.0603. The maximum Gasteiger partial charge on any atom is 0.0589 e. The van der Waals surface area contributed by atoms with Crippen LogP contribution in [0.4, 0.5) is 0 Å². The second kappa shape index (κ2) is 8.31. The van der Waals surface area contributed by atoms with E-state index < -0.39 is 0 Å². The normalized spacial score (nSPS) is 13.2. The molecule has 0 aliphatic heterocycles. The lowest BCUT2D eigenvalue weighted by Crippen LogP contribution is -2.39. The summed E-state index contributed by atoms with van der Waals surface area (Å²) in [5.41, 5.74) is 8.88. The van der Waals surface area contributed by atoms with Crippen LogP contribution in [0.15, 0.2) is 24.3 Å². The van der Waals surface area contributed by atoms with Gasteiger partial charge in [-0.2, -0.15) is 0 Å². The maximum absolute atomic E-state index is 6.31. The van der Waals surface area contributed by atoms with Gasteiger partial charge in [-0.3, -0.25) is 4.90 Å². The van der Waals surface area contributed by atoms with Crippen LogP contribution in [0.5, 0.6) is 0 Å². The molecule has 0 radical (unpaired) electrons. The van der Waals surface area contributed by atoms with Gasteiger partial charge in [-0.05, 0) is 31.4 Å². The first-order chi connectivity index (χ1) is 9.08. The fourth-order valence-electron chi connectivity index (χ4n) is 2.13. The SMILES string of the molecule is CCc1ccc(C(N)CN(CCOC)C(C)C)cc1. The largest absolute Gasteiger partial charge is 0.383 e. The Bertz CT molecular complexity index is 348. The van der Waals surface area contributed by atoms with Gasteiger partial charge in [0.2, 0.25) is 0 Å². The van der Waals surface area contributed by atoms with Gasteiger partial charge in [-0.1, -0.05) is 31.2 Å². The molecule has 0 aliphatic carbocycles. The Morgan fingerprint density at radius 3 is 2.32 bits per heavy atom. The zero-order chi connectivity index (χ0) is 14.3. The number of aryl methyl sites for hydroxylation is 1. The van der Waals surface area contributed by atoms with Crippen LogP contribution in [0.3, 0.4) is 0 Å². The lowest BCUT2D eigenvalue weighted by molar-refractivity contribution is 0.125. The second-order valence-corrected chi connectivity index (χ2v) is 5.28. The van der Waals surface area contributed by atoms with Crippen molar-refractivity contribution in [2.24, 2.45) is 5.73 Å². The van der Waals surface area contributed by atoms with E-state index in [4.69, 9.17) is 10.5 Å². The van der Waals surface area contributed by atoms with E-state index in [1.165, 1.54) is 11.1 Å². The van der Waals surface area contributed by atoms with Crippen molar-refractivity contribution in [2.75, 3.05) is 26.8 Å². The van der Waals surface area contributed by atoms with Crippen molar-refractivity contribution >= 4 is 0 Å². The van der Waals surface area contributed by atoms with Gasteiger partial charge in [-0.25, -0.2) is 0 Å². The van der Waals surface area contributed by atoms with Crippen LogP contribution in [-0.2, 0) is 11.2 Å². The first kappa shape index (κ1) is 16.2. The molecule has 0 saturated carbocycles. The van der Waals surface area contributed by atoms with Gasteiger partial charge in [0.1, 0.15) is 0 Å². The molecule has 1 aromatic rings. The number of nitrogens with zero attached hydrogens (tertiary/aromatic N) is 1. The molecule has 0 heterocycles. The Morgan fingerprint density at radius 1 is 1.21 bits per heavy atom. The van der Waals surface area contributed by atoms with Crippen molar-refractivity contribution in [3.63, 3.8) is 0 Å². The number of benzene rings is 1. The topological polar surface area (TPSA) is 38.5 Å². The first-order valence-corrected chi connectivity index (χ1v) is 7.15. The molecule has 1 atom stereocenters. The Kier molecular flexibility index (Phi) is 7.06. The van der Waals surface area contributed by atoms with Crippen molar-refractivity contribution in [3.8, 4) is 0 Å². The van der Waals surface area contributed by atoms with E-state index in [0.29, 0.717) is 6.04 Å². The number of nitrogens with two attached hydrogens (primary N) is 1. The third kappa shape index (κ3) is 5.31. The third-order valence-electron chi connectivity index (χ3n) is 3.56. The summed E-state index contributed by atoms with van der Waals surface area (Å²) in [6.45, 7) is 9.10. The molecular formula is C16H28N2O. The molecule has 0 saturated heterocycles. The summed E-state index contributed by atoms with van der Waals surface area (Å²) in [6, 6.07) is 9.19. The molecule has 0 bridgehead atoms. The molecule has 0 spiro atoms. The van der Waals surface area contributed by atoms with Gasteiger partial charge in [-0.15, -0.1) is 0 Å². The van der Waals surface area contributed by atoms with Crippen molar-refractivity contribution in [1.29, 1.82) is 0 Å². The molecule has 3 nitrogen and oxygen atoms in total. The highest BCUT2D eigenvalue weighted by Gasteiger charge is 2.14. The lowest BCUT2D eigenvalue weighted by Gasteiger charge is -2.29. The van der Waals surface area contributed by atoms with Crippen molar-refractivity contribution in [1.82, 2.24) is 4.90 Å². The highest BCUT2D eigenvalue weighted by Crippen LogP contribution is 2.14. The van der Waals surface area contributed by atoms with E-state index in [1.54, 1.807) is 7.11 Å². The molecule has 1 unspecified atom stereocenters. The van der Waals surface area contributed by atoms with E-state index in [0.717, 1.165) is 26.1 Å². The fraction of sp³-hybridized carbons (Fsp3) is 0.625. The quantitative estimate of drug-likeness (QED) is 0.784. The van der Waals surface area contributed by atoms with E-state index in [9.17, 15) is 0 Å². The zero-order valence-electron chi connectivity index (χ0n) is 12.7. The van der Waals surface area contributed by atoms with Gasteiger partial charge in [0.25, 0.3) is 0 Å². The zero-order valence-corrected chi connectivity index (χ0v) is 12.7. The summed E-state index contributed by atoms with van der Waals surface area (Å²) in [7, 11) is 1.74. The Morgan fingerprint density at radius 2 is 1.84 bits per heavy atom. The van der Waals surface area contributed by atoms with Crippen LogP contribution in [0.25, 0.3) is 0 Å². The predicted octanol–water partition coefficient (Wildman–Crippen LogP) is 2.61. The number of hydrogen-bond donors (Lipinski definition) is 1. The highest BCUT2D eigenvalue weighted by molar-refractivity contribution is 5.25. The molecule has 0 fully saturated rings. The number of ether oxygens (including phenoxy) is 1. The molecule has 1 aromatic carbocycles. The van der Waals surface area contributed by atoms with Crippen LogP contribution in [-0.4, -0.2) is 37.7 Å². The van der Waals surface area contributed by atoms with Gasteiger partial charge in [0.15, 0.2) is 0 Å².